The lowest BCUT2D eigenvalue weighted by atomic mass is 10.1. The number of amides is 1. The highest BCUT2D eigenvalue weighted by Gasteiger charge is 2.24. The van der Waals surface area contributed by atoms with E-state index in [1.807, 2.05) is 0 Å². The van der Waals surface area contributed by atoms with Gasteiger partial charge in [0.2, 0.25) is 5.91 Å². The van der Waals surface area contributed by atoms with E-state index in [1.54, 1.807) is 31.4 Å². The Kier molecular flexibility index (Phi) is 4.52. The molecule has 0 spiro atoms. The maximum atomic E-state index is 12.0. The number of hydrogen-bond donors (Lipinski definition) is 1. The van der Waals surface area contributed by atoms with E-state index in [4.69, 9.17) is 9.47 Å². The number of allylic oxidation sites excluding steroid dienone is 1. The smallest absolute Gasteiger partial charge is 0.225 e. The molecule has 0 aromatic heterocycles. The number of hydrogen-bond acceptors (Lipinski definition) is 5. The molecule has 1 aliphatic rings. The number of methoxy groups -OCH3 is 2. The molecule has 1 heterocycles. The summed E-state index contributed by atoms with van der Waals surface area (Å²) in [7, 11) is -0.0993. The van der Waals surface area contributed by atoms with Crippen molar-refractivity contribution in [3.05, 3.63) is 29.7 Å². The van der Waals surface area contributed by atoms with Gasteiger partial charge in [0, 0.05) is 23.8 Å². The zero-order chi connectivity index (χ0) is 15.5. The fourth-order valence-electron chi connectivity index (χ4n) is 2.11. The number of rotatable bonds is 5. The van der Waals surface area contributed by atoms with Crippen molar-refractivity contribution in [1.29, 1.82) is 0 Å². The van der Waals surface area contributed by atoms with Crippen LogP contribution in [0.15, 0.2) is 29.7 Å². The first-order valence-electron chi connectivity index (χ1n) is 6.36. The normalized spacial score (nSPS) is 19.2. The third kappa shape index (κ3) is 3.98. The number of sulfone groups is 1. The van der Waals surface area contributed by atoms with Gasteiger partial charge in [-0.3, -0.25) is 4.79 Å². The Balaban J connectivity index is 2.01. The number of carbonyl (C=O) groups excluding carboxylic acids is 1. The van der Waals surface area contributed by atoms with E-state index in [2.05, 4.69) is 5.32 Å². The summed E-state index contributed by atoms with van der Waals surface area (Å²) in [5.74, 6) is 0.552. The number of benzene rings is 1. The molecule has 0 fully saturated rings. The molecule has 21 heavy (non-hydrogen) atoms. The van der Waals surface area contributed by atoms with Crippen LogP contribution in [0.4, 0.5) is 5.69 Å². The molecule has 0 saturated heterocycles. The van der Waals surface area contributed by atoms with Gasteiger partial charge in [-0.2, -0.15) is 0 Å². The van der Waals surface area contributed by atoms with Crippen molar-refractivity contribution < 1.29 is 22.7 Å². The second kappa shape index (κ2) is 6.17. The van der Waals surface area contributed by atoms with Crippen LogP contribution < -0.4 is 14.8 Å². The Hall–Kier alpha value is -2.02. The van der Waals surface area contributed by atoms with Crippen molar-refractivity contribution in [2.45, 2.75) is 6.42 Å². The predicted octanol–water partition coefficient (Wildman–Crippen LogP) is 1.59. The molecule has 114 valence electrons. The number of nitrogens with one attached hydrogen (secondary N) is 1. The lowest BCUT2D eigenvalue weighted by Gasteiger charge is -2.12. The third-order valence-corrected chi connectivity index (χ3v) is 4.60. The topological polar surface area (TPSA) is 81.7 Å². The van der Waals surface area contributed by atoms with E-state index in [9.17, 15) is 13.2 Å². The van der Waals surface area contributed by atoms with Gasteiger partial charge < -0.3 is 14.8 Å². The van der Waals surface area contributed by atoms with E-state index < -0.39 is 9.84 Å². The Morgan fingerprint density at radius 3 is 2.67 bits per heavy atom. The standard InChI is InChI=1S/C14H17NO5S/c1-19-11-3-4-12(13(8-11)20-2)15-14(16)7-10-5-6-21(17,18)9-10/h3-6,8,10H,7,9H2,1-2H3,(H,15,16). The molecular weight excluding hydrogens is 294 g/mol. The Morgan fingerprint density at radius 1 is 1.33 bits per heavy atom. The second-order valence-electron chi connectivity index (χ2n) is 4.74. The van der Waals surface area contributed by atoms with Crippen molar-refractivity contribution >= 4 is 21.4 Å². The first-order valence-corrected chi connectivity index (χ1v) is 8.08. The van der Waals surface area contributed by atoms with Gasteiger partial charge in [0.1, 0.15) is 11.5 Å². The van der Waals surface area contributed by atoms with Gasteiger partial charge >= 0.3 is 0 Å². The van der Waals surface area contributed by atoms with Crippen LogP contribution in [0.25, 0.3) is 0 Å². The molecule has 1 aliphatic heterocycles. The van der Waals surface area contributed by atoms with Crippen LogP contribution in [-0.4, -0.2) is 34.3 Å². The van der Waals surface area contributed by atoms with Gasteiger partial charge in [0.25, 0.3) is 0 Å². The third-order valence-electron chi connectivity index (χ3n) is 3.13. The van der Waals surface area contributed by atoms with Crippen LogP contribution in [0.3, 0.4) is 0 Å². The summed E-state index contributed by atoms with van der Waals surface area (Å²) in [6, 6.07) is 5.05. The minimum absolute atomic E-state index is 0.0137. The van der Waals surface area contributed by atoms with E-state index >= 15 is 0 Å². The molecule has 0 bridgehead atoms. The molecule has 1 atom stereocenters. The van der Waals surface area contributed by atoms with Crippen molar-refractivity contribution in [3.8, 4) is 11.5 Å². The molecule has 2 rings (SSSR count). The first kappa shape index (κ1) is 15.4. The van der Waals surface area contributed by atoms with Crippen molar-refractivity contribution in [1.82, 2.24) is 0 Å². The monoisotopic (exact) mass is 311 g/mol. The van der Waals surface area contributed by atoms with Gasteiger partial charge in [-0.1, -0.05) is 6.08 Å². The van der Waals surface area contributed by atoms with Crippen molar-refractivity contribution in [2.75, 3.05) is 25.3 Å². The van der Waals surface area contributed by atoms with Crippen LogP contribution in [0.1, 0.15) is 6.42 Å². The first-order chi connectivity index (χ1) is 9.93. The maximum Gasteiger partial charge on any atom is 0.225 e. The summed E-state index contributed by atoms with van der Waals surface area (Å²) < 4.78 is 32.9. The van der Waals surface area contributed by atoms with Crippen LogP contribution >= 0.6 is 0 Å². The average Bonchev–Trinajstić information content (AvgIpc) is 2.78. The van der Waals surface area contributed by atoms with E-state index in [1.165, 1.54) is 12.5 Å². The van der Waals surface area contributed by atoms with Gasteiger partial charge in [-0.15, -0.1) is 0 Å². The molecule has 1 unspecified atom stereocenters. The summed E-state index contributed by atoms with van der Waals surface area (Å²) in [6.45, 7) is 0. The molecule has 0 radical (unpaired) electrons. The molecule has 7 heteroatoms. The van der Waals surface area contributed by atoms with Gasteiger partial charge in [0.15, 0.2) is 9.84 Å². The summed E-state index contributed by atoms with van der Waals surface area (Å²) in [4.78, 5) is 12.0. The maximum absolute atomic E-state index is 12.0. The Bertz CT molecular complexity index is 666. The Morgan fingerprint density at radius 2 is 2.10 bits per heavy atom. The van der Waals surface area contributed by atoms with Crippen molar-refractivity contribution in [2.24, 2.45) is 5.92 Å². The van der Waals surface area contributed by atoms with Crippen LogP contribution in [0, 0.1) is 5.92 Å². The SMILES string of the molecule is COc1ccc(NC(=O)CC2C=CS(=O)(=O)C2)c(OC)c1. The summed E-state index contributed by atoms with van der Waals surface area (Å²) in [5, 5.41) is 3.88. The fourth-order valence-corrected chi connectivity index (χ4v) is 3.51. The van der Waals surface area contributed by atoms with E-state index in [-0.39, 0.29) is 24.0 Å². The zero-order valence-corrected chi connectivity index (χ0v) is 12.6. The quantitative estimate of drug-likeness (QED) is 0.893. The highest BCUT2D eigenvalue weighted by atomic mass is 32.2. The van der Waals surface area contributed by atoms with Crippen LogP contribution in [0.5, 0.6) is 11.5 Å². The van der Waals surface area contributed by atoms with Crippen LogP contribution in [0.2, 0.25) is 0 Å². The number of ether oxygens (including phenoxy) is 2. The minimum Gasteiger partial charge on any atom is -0.497 e. The molecule has 1 N–H and O–H groups in total. The largest absolute Gasteiger partial charge is 0.497 e. The van der Waals surface area contributed by atoms with E-state index in [0.29, 0.717) is 17.2 Å². The van der Waals surface area contributed by atoms with Crippen molar-refractivity contribution in [3.63, 3.8) is 0 Å². The average molecular weight is 311 g/mol. The van der Waals surface area contributed by atoms with E-state index in [0.717, 1.165) is 0 Å². The summed E-state index contributed by atoms with van der Waals surface area (Å²) in [6.07, 6.45) is 1.67. The molecule has 1 aromatic rings. The van der Waals surface area contributed by atoms with Gasteiger partial charge in [-0.25, -0.2) is 8.42 Å². The highest BCUT2D eigenvalue weighted by Crippen LogP contribution is 2.29. The van der Waals surface area contributed by atoms with Gasteiger partial charge in [-0.05, 0) is 12.1 Å². The lowest BCUT2D eigenvalue weighted by Crippen LogP contribution is -2.18. The molecule has 1 aromatic carbocycles. The molecule has 1 amide bonds. The molecule has 0 aliphatic carbocycles. The molecule has 6 nitrogen and oxygen atoms in total. The number of carbonyl (C=O) groups is 1. The second-order valence-corrected chi connectivity index (χ2v) is 6.67. The molecular formula is C14H17NO5S. The lowest BCUT2D eigenvalue weighted by molar-refractivity contribution is -0.116. The van der Waals surface area contributed by atoms with Gasteiger partial charge in [0.05, 0.1) is 25.7 Å². The predicted molar refractivity (Wildman–Crippen MR) is 79.2 cm³/mol. The summed E-state index contributed by atoms with van der Waals surface area (Å²) >= 11 is 0. The Labute approximate surface area is 123 Å². The zero-order valence-electron chi connectivity index (χ0n) is 11.8. The summed E-state index contributed by atoms with van der Waals surface area (Å²) in [5.41, 5.74) is 0.521. The minimum atomic E-state index is -3.14. The molecule has 0 saturated carbocycles. The highest BCUT2D eigenvalue weighted by molar-refractivity contribution is 7.94. The fraction of sp³-hybridized carbons (Fsp3) is 0.357. The van der Waals surface area contributed by atoms with Crippen LogP contribution in [-0.2, 0) is 14.6 Å². The number of anilines is 1.